The number of benzene rings is 1. The van der Waals surface area contributed by atoms with E-state index in [2.05, 4.69) is 39.8 Å². The summed E-state index contributed by atoms with van der Waals surface area (Å²) in [5.74, 6) is -0.597. The zero-order valence-electron chi connectivity index (χ0n) is 14.0. The molecule has 1 unspecified atom stereocenters. The van der Waals surface area contributed by atoms with Gasteiger partial charge in [0.05, 0.1) is 5.56 Å². The van der Waals surface area contributed by atoms with Crippen molar-refractivity contribution in [3.05, 3.63) is 58.7 Å². The first-order chi connectivity index (χ1) is 10.3. The van der Waals surface area contributed by atoms with Crippen LogP contribution in [0.3, 0.4) is 0 Å². The van der Waals surface area contributed by atoms with E-state index in [1.54, 1.807) is 12.1 Å². The van der Waals surface area contributed by atoms with Crippen molar-refractivity contribution in [3.8, 4) is 0 Å². The van der Waals surface area contributed by atoms with Crippen molar-refractivity contribution < 1.29 is 9.90 Å². The summed E-state index contributed by atoms with van der Waals surface area (Å²) >= 11 is 0. The molecule has 2 rings (SSSR count). The standard InChI is InChI=1S/C20H26O2/c1-14(16-8-10-17(11-9-16)19(21)22)7-12-18-15(2)6-5-13-20(18,3)4/h7-12,14H,5-6,13H2,1-4H3,(H,21,22)/b12-7+. The van der Waals surface area contributed by atoms with Gasteiger partial charge in [0, 0.05) is 0 Å². The minimum atomic E-state index is -0.875. The first-order valence-corrected chi connectivity index (χ1v) is 8.03. The number of allylic oxidation sites excluding steroid dienone is 4. The largest absolute Gasteiger partial charge is 0.478 e. The Balaban J connectivity index is 2.17. The molecular formula is C20H26O2. The summed E-state index contributed by atoms with van der Waals surface area (Å²) in [6.45, 7) is 9.04. The van der Waals surface area contributed by atoms with E-state index in [4.69, 9.17) is 5.11 Å². The zero-order valence-corrected chi connectivity index (χ0v) is 14.0. The van der Waals surface area contributed by atoms with E-state index in [0.717, 1.165) is 5.56 Å². The van der Waals surface area contributed by atoms with Crippen molar-refractivity contribution in [1.29, 1.82) is 0 Å². The number of carboxylic acid groups (broad SMARTS) is 1. The smallest absolute Gasteiger partial charge is 0.335 e. The Hall–Kier alpha value is -1.83. The van der Waals surface area contributed by atoms with Crippen LogP contribution in [0.15, 0.2) is 47.6 Å². The number of rotatable bonds is 4. The van der Waals surface area contributed by atoms with Gasteiger partial charge in [0.15, 0.2) is 0 Å². The SMILES string of the molecule is CC1=C(/C=C/C(C)c2ccc(C(=O)O)cc2)C(C)(C)CCC1. The molecule has 1 aliphatic rings. The lowest BCUT2D eigenvalue weighted by Crippen LogP contribution is -2.19. The summed E-state index contributed by atoms with van der Waals surface area (Å²) in [7, 11) is 0. The van der Waals surface area contributed by atoms with E-state index in [1.165, 1.54) is 30.4 Å². The maximum atomic E-state index is 10.9. The Labute approximate surface area is 133 Å². The number of carboxylic acids is 1. The highest BCUT2D eigenvalue weighted by Crippen LogP contribution is 2.41. The number of carbonyl (C=O) groups is 1. The second kappa shape index (κ2) is 6.51. The Morgan fingerprint density at radius 3 is 2.45 bits per heavy atom. The molecule has 0 saturated heterocycles. The predicted octanol–water partition coefficient (Wildman–Crippen LogP) is 5.57. The molecule has 1 atom stereocenters. The molecule has 0 fully saturated rings. The van der Waals surface area contributed by atoms with E-state index >= 15 is 0 Å². The highest BCUT2D eigenvalue weighted by atomic mass is 16.4. The van der Waals surface area contributed by atoms with Crippen LogP contribution in [0.4, 0.5) is 0 Å². The van der Waals surface area contributed by atoms with Gasteiger partial charge >= 0.3 is 5.97 Å². The monoisotopic (exact) mass is 298 g/mol. The highest BCUT2D eigenvalue weighted by molar-refractivity contribution is 5.87. The first kappa shape index (κ1) is 16.5. The quantitative estimate of drug-likeness (QED) is 0.788. The molecule has 0 radical (unpaired) electrons. The molecule has 118 valence electrons. The van der Waals surface area contributed by atoms with Crippen molar-refractivity contribution in [2.75, 3.05) is 0 Å². The number of hydrogen-bond donors (Lipinski definition) is 1. The van der Waals surface area contributed by atoms with Gasteiger partial charge in [-0.2, -0.15) is 0 Å². The molecule has 0 aliphatic heterocycles. The van der Waals surface area contributed by atoms with Gasteiger partial charge in [0.2, 0.25) is 0 Å². The number of aromatic carboxylic acids is 1. The normalized spacial score (nSPS) is 19.5. The van der Waals surface area contributed by atoms with Gasteiger partial charge in [-0.15, -0.1) is 0 Å². The van der Waals surface area contributed by atoms with E-state index in [9.17, 15) is 4.79 Å². The van der Waals surface area contributed by atoms with Crippen LogP contribution >= 0.6 is 0 Å². The minimum absolute atomic E-state index is 0.256. The van der Waals surface area contributed by atoms with Gasteiger partial charge in [0.25, 0.3) is 0 Å². The molecule has 1 aromatic rings. The van der Waals surface area contributed by atoms with Crippen LogP contribution < -0.4 is 0 Å². The Morgan fingerprint density at radius 2 is 1.91 bits per heavy atom. The molecule has 0 spiro atoms. The molecular weight excluding hydrogens is 272 g/mol. The average Bonchev–Trinajstić information content (AvgIpc) is 2.46. The van der Waals surface area contributed by atoms with E-state index < -0.39 is 5.97 Å². The van der Waals surface area contributed by atoms with E-state index in [1.807, 2.05) is 12.1 Å². The lowest BCUT2D eigenvalue weighted by atomic mass is 9.72. The van der Waals surface area contributed by atoms with Crippen LogP contribution in [0.25, 0.3) is 0 Å². The summed E-state index contributed by atoms with van der Waals surface area (Å²) in [5, 5.41) is 8.95. The number of hydrogen-bond acceptors (Lipinski definition) is 1. The van der Waals surface area contributed by atoms with Gasteiger partial charge < -0.3 is 5.11 Å². The van der Waals surface area contributed by atoms with Crippen molar-refractivity contribution in [3.63, 3.8) is 0 Å². The topological polar surface area (TPSA) is 37.3 Å². The van der Waals surface area contributed by atoms with Crippen molar-refractivity contribution in [2.24, 2.45) is 5.41 Å². The third-order valence-corrected chi connectivity index (χ3v) is 4.78. The summed E-state index contributed by atoms with van der Waals surface area (Å²) in [6, 6.07) is 7.17. The fourth-order valence-corrected chi connectivity index (χ4v) is 3.29. The zero-order chi connectivity index (χ0) is 16.3. The van der Waals surface area contributed by atoms with Gasteiger partial charge in [-0.3, -0.25) is 0 Å². The Bertz CT molecular complexity index is 603. The van der Waals surface area contributed by atoms with Crippen LogP contribution in [-0.4, -0.2) is 11.1 Å². The third-order valence-electron chi connectivity index (χ3n) is 4.78. The highest BCUT2D eigenvalue weighted by Gasteiger charge is 2.26. The molecule has 0 saturated carbocycles. The average molecular weight is 298 g/mol. The summed E-state index contributed by atoms with van der Waals surface area (Å²) in [6.07, 6.45) is 8.24. The molecule has 2 heteroatoms. The van der Waals surface area contributed by atoms with Crippen LogP contribution in [0.1, 0.15) is 68.8 Å². The molecule has 2 nitrogen and oxygen atoms in total. The molecule has 1 N–H and O–H groups in total. The lowest BCUT2D eigenvalue weighted by Gasteiger charge is -2.33. The molecule has 0 bridgehead atoms. The fraction of sp³-hybridized carbons (Fsp3) is 0.450. The second-order valence-corrected chi connectivity index (χ2v) is 7.01. The molecule has 1 aliphatic carbocycles. The molecule has 22 heavy (non-hydrogen) atoms. The van der Waals surface area contributed by atoms with E-state index in [-0.39, 0.29) is 11.3 Å². The maximum Gasteiger partial charge on any atom is 0.335 e. The van der Waals surface area contributed by atoms with Gasteiger partial charge in [-0.1, -0.05) is 50.6 Å². The van der Waals surface area contributed by atoms with Crippen LogP contribution in [-0.2, 0) is 0 Å². The Kier molecular flexibility index (Phi) is 4.90. The van der Waals surface area contributed by atoms with Crippen LogP contribution in [0.5, 0.6) is 0 Å². The predicted molar refractivity (Wildman–Crippen MR) is 91.3 cm³/mol. The molecule has 1 aromatic carbocycles. The van der Waals surface area contributed by atoms with Crippen LogP contribution in [0, 0.1) is 5.41 Å². The van der Waals surface area contributed by atoms with Gasteiger partial charge in [0.1, 0.15) is 0 Å². The molecule has 0 aromatic heterocycles. The van der Waals surface area contributed by atoms with Gasteiger partial charge in [-0.05, 0) is 60.8 Å². The lowest BCUT2D eigenvalue weighted by molar-refractivity contribution is 0.0697. The summed E-state index contributed by atoms with van der Waals surface area (Å²) in [4.78, 5) is 10.9. The van der Waals surface area contributed by atoms with Crippen molar-refractivity contribution in [1.82, 2.24) is 0 Å². The second-order valence-electron chi connectivity index (χ2n) is 7.01. The van der Waals surface area contributed by atoms with Crippen LogP contribution in [0.2, 0.25) is 0 Å². The van der Waals surface area contributed by atoms with E-state index in [0.29, 0.717) is 5.56 Å². The Morgan fingerprint density at radius 1 is 1.27 bits per heavy atom. The first-order valence-electron chi connectivity index (χ1n) is 8.03. The summed E-state index contributed by atoms with van der Waals surface area (Å²) < 4.78 is 0. The van der Waals surface area contributed by atoms with Crippen molar-refractivity contribution >= 4 is 5.97 Å². The maximum absolute atomic E-state index is 10.9. The fourth-order valence-electron chi connectivity index (χ4n) is 3.29. The third kappa shape index (κ3) is 3.68. The molecule has 0 amide bonds. The minimum Gasteiger partial charge on any atom is -0.478 e. The summed E-state index contributed by atoms with van der Waals surface area (Å²) in [5.41, 5.74) is 4.71. The van der Waals surface area contributed by atoms with Crippen molar-refractivity contribution in [2.45, 2.75) is 52.9 Å². The molecule has 0 heterocycles. The van der Waals surface area contributed by atoms with Gasteiger partial charge in [-0.25, -0.2) is 4.79 Å².